The van der Waals surface area contributed by atoms with E-state index < -0.39 is 0 Å². The van der Waals surface area contributed by atoms with E-state index in [1.807, 2.05) is 23.5 Å². The molecule has 0 unspecified atom stereocenters. The second-order valence-corrected chi connectivity index (χ2v) is 6.89. The number of aliphatic hydroxyl groups excluding tert-OH is 1. The van der Waals surface area contributed by atoms with Crippen LogP contribution in [0.5, 0.6) is 0 Å². The lowest BCUT2D eigenvalue weighted by Crippen LogP contribution is -2.02. The van der Waals surface area contributed by atoms with Gasteiger partial charge in [0.05, 0.1) is 6.61 Å². The highest BCUT2D eigenvalue weighted by Gasteiger charge is 1.96. The molecule has 0 saturated carbocycles. The van der Waals surface area contributed by atoms with E-state index in [9.17, 15) is 4.79 Å². The summed E-state index contributed by atoms with van der Waals surface area (Å²) in [4.78, 5) is 10.8. The van der Waals surface area contributed by atoms with Crippen molar-refractivity contribution in [3.8, 4) is 0 Å². The van der Waals surface area contributed by atoms with Crippen LogP contribution in [0.1, 0.15) is 38.5 Å². The lowest BCUT2D eigenvalue weighted by atomic mass is 10.2. The minimum absolute atomic E-state index is 0.316. The van der Waals surface area contributed by atoms with Crippen LogP contribution >= 0.6 is 23.5 Å². The molecule has 0 spiro atoms. The summed E-state index contributed by atoms with van der Waals surface area (Å²) in [6.45, 7) is 4.17. The minimum atomic E-state index is -0.327. The van der Waals surface area contributed by atoms with E-state index in [0.717, 1.165) is 24.3 Å². The van der Waals surface area contributed by atoms with Gasteiger partial charge >= 0.3 is 5.97 Å². The van der Waals surface area contributed by atoms with Crippen molar-refractivity contribution in [3.63, 3.8) is 0 Å². The summed E-state index contributed by atoms with van der Waals surface area (Å²) in [6.07, 6.45) is 8.23. The Morgan fingerprint density at radius 3 is 2.05 bits per heavy atom. The van der Waals surface area contributed by atoms with Gasteiger partial charge in [0.25, 0.3) is 0 Å². The van der Waals surface area contributed by atoms with Crippen molar-refractivity contribution < 1.29 is 14.6 Å². The third-order valence-electron chi connectivity index (χ3n) is 2.62. The molecule has 0 aromatic heterocycles. The van der Waals surface area contributed by atoms with Crippen LogP contribution in [0, 0.1) is 0 Å². The van der Waals surface area contributed by atoms with Gasteiger partial charge in [-0.3, -0.25) is 0 Å². The van der Waals surface area contributed by atoms with E-state index in [4.69, 9.17) is 9.84 Å². The summed E-state index contributed by atoms with van der Waals surface area (Å²) in [5.41, 5.74) is 0. The molecule has 0 aliphatic carbocycles. The topological polar surface area (TPSA) is 46.5 Å². The van der Waals surface area contributed by atoms with E-state index in [1.165, 1.54) is 43.3 Å². The molecule has 0 aliphatic rings. The molecule has 0 bridgehead atoms. The Kier molecular flexibility index (Phi) is 16.8. The molecule has 5 heteroatoms. The van der Waals surface area contributed by atoms with E-state index in [2.05, 4.69) is 6.58 Å². The molecule has 0 aliphatic heterocycles. The first-order valence-electron chi connectivity index (χ1n) is 7.36. The zero-order valence-corrected chi connectivity index (χ0v) is 14.0. The van der Waals surface area contributed by atoms with Crippen molar-refractivity contribution in [2.45, 2.75) is 38.5 Å². The third kappa shape index (κ3) is 15.9. The standard InChI is InChI=1S/C15H28O3S2/c1-2-15(17)18-10-8-14-20-12-6-4-3-5-11-19-13-7-9-16/h2,16H,1,3-14H2. The van der Waals surface area contributed by atoms with Crippen molar-refractivity contribution in [2.24, 2.45) is 0 Å². The normalized spacial score (nSPS) is 10.4. The van der Waals surface area contributed by atoms with Crippen LogP contribution in [0.2, 0.25) is 0 Å². The summed E-state index contributed by atoms with van der Waals surface area (Å²) >= 11 is 3.88. The highest BCUT2D eigenvalue weighted by molar-refractivity contribution is 7.99. The monoisotopic (exact) mass is 320 g/mol. The number of carbonyl (C=O) groups excluding carboxylic acids is 1. The first-order chi connectivity index (χ1) is 9.81. The predicted octanol–water partition coefficient (Wildman–Crippen LogP) is 3.51. The molecule has 0 saturated heterocycles. The Bertz CT molecular complexity index is 235. The first kappa shape index (κ1) is 19.9. The molecule has 0 rings (SSSR count). The SMILES string of the molecule is C=CC(=O)OCCCSCCCCCCSCCCO. The van der Waals surface area contributed by atoms with Crippen LogP contribution in [-0.2, 0) is 9.53 Å². The van der Waals surface area contributed by atoms with Gasteiger partial charge in [0.2, 0.25) is 0 Å². The number of rotatable bonds is 15. The minimum Gasteiger partial charge on any atom is -0.463 e. The summed E-state index contributed by atoms with van der Waals surface area (Å²) in [6, 6.07) is 0. The number of aliphatic hydroxyl groups is 1. The van der Waals surface area contributed by atoms with E-state index in [1.54, 1.807) is 0 Å². The molecule has 0 radical (unpaired) electrons. The Balaban J connectivity index is 2.99. The van der Waals surface area contributed by atoms with Crippen LogP contribution in [0.4, 0.5) is 0 Å². The van der Waals surface area contributed by atoms with Gasteiger partial charge in [-0.1, -0.05) is 19.4 Å². The highest BCUT2D eigenvalue weighted by Crippen LogP contribution is 2.11. The lowest BCUT2D eigenvalue weighted by Gasteiger charge is -2.03. The fraction of sp³-hybridized carbons (Fsp3) is 0.800. The van der Waals surface area contributed by atoms with Crippen LogP contribution in [0.3, 0.4) is 0 Å². The van der Waals surface area contributed by atoms with Gasteiger partial charge in [0, 0.05) is 12.7 Å². The maximum absolute atomic E-state index is 10.8. The fourth-order valence-corrected chi connectivity index (χ4v) is 3.41. The fourth-order valence-electron chi connectivity index (χ4n) is 1.53. The maximum Gasteiger partial charge on any atom is 0.330 e. The van der Waals surface area contributed by atoms with Gasteiger partial charge in [0.1, 0.15) is 0 Å². The second-order valence-electron chi connectivity index (χ2n) is 4.44. The van der Waals surface area contributed by atoms with E-state index >= 15 is 0 Å². The van der Waals surface area contributed by atoms with Gasteiger partial charge in [-0.25, -0.2) is 4.79 Å². The number of unbranched alkanes of at least 4 members (excludes halogenated alkanes) is 3. The molecular weight excluding hydrogens is 292 g/mol. The Labute approximate surface area is 131 Å². The van der Waals surface area contributed by atoms with Gasteiger partial charge in [-0.2, -0.15) is 23.5 Å². The Morgan fingerprint density at radius 2 is 1.50 bits per heavy atom. The molecule has 0 heterocycles. The zero-order chi connectivity index (χ0) is 14.9. The maximum atomic E-state index is 10.8. The van der Waals surface area contributed by atoms with Gasteiger partial charge in [0.15, 0.2) is 0 Å². The third-order valence-corrected chi connectivity index (χ3v) is 4.93. The lowest BCUT2D eigenvalue weighted by molar-refractivity contribution is -0.137. The molecule has 0 atom stereocenters. The summed E-state index contributed by atoms with van der Waals surface area (Å²) in [5, 5.41) is 8.64. The van der Waals surface area contributed by atoms with Crippen molar-refractivity contribution in [1.82, 2.24) is 0 Å². The molecule has 3 nitrogen and oxygen atoms in total. The van der Waals surface area contributed by atoms with Crippen LogP contribution < -0.4 is 0 Å². The van der Waals surface area contributed by atoms with Crippen molar-refractivity contribution in [1.29, 1.82) is 0 Å². The molecule has 0 amide bonds. The summed E-state index contributed by atoms with van der Waals surface area (Å²) in [5.74, 6) is 4.24. The predicted molar refractivity (Wildman–Crippen MR) is 90.6 cm³/mol. The highest BCUT2D eigenvalue weighted by atomic mass is 32.2. The number of ether oxygens (including phenoxy) is 1. The first-order valence-corrected chi connectivity index (χ1v) is 9.67. The Morgan fingerprint density at radius 1 is 0.950 bits per heavy atom. The Hall–Kier alpha value is -0.130. The van der Waals surface area contributed by atoms with Crippen LogP contribution in [0.15, 0.2) is 12.7 Å². The largest absolute Gasteiger partial charge is 0.463 e. The molecule has 0 fully saturated rings. The van der Waals surface area contributed by atoms with Crippen LogP contribution in [0.25, 0.3) is 0 Å². The molecule has 1 N–H and O–H groups in total. The molecule has 20 heavy (non-hydrogen) atoms. The average molecular weight is 321 g/mol. The van der Waals surface area contributed by atoms with Crippen molar-refractivity contribution in [3.05, 3.63) is 12.7 Å². The van der Waals surface area contributed by atoms with Gasteiger partial charge in [-0.05, 0) is 48.7 Å². The number of thioether (sulfide) groups is 2. The molecule has 0 aromatic rings. The number of hydrogen-bond acceptors (Lipinski definition) is 5. The summed E-state index contributed by atoms with van der Waals surface area (Å²) < 4.78 is 4.90. The second kappa shape index (κ2) is 16.9. The number of carbonyl (C=O) groups is 1. The van der Waals surface area contributed by atoms with E-state index in [0.29, 0.717) is 13.2 Å². The smallest absolute Gasteiger partial charge is 0.330 e. The van der Waals surface area contributed by atoms with E-state index in [-0.39, 0.29) is 5.97 Å². The zero-order valence-electron chi connectivity index (χ0n) is 12.3. The van der Waals surface area contributed by atoms with Gasteiger partial charge < -0.3 is 9.84 Å². The summed E-state index contributed by atoms with van der Waals surface area (Å²) in [7, 11) is 0. The molecule has 0 aromatic carbocycles. The van der Waals surface area contributed by atoms with Crippen molar-refractivity contribution >= 4 is 29.5 Å². The number of hydrogen-bond donors (Lipinski definition) is 1. The number of esters is 1. The average Bonchev–Trinajstić information content (AvgIpc) is 2.47. The molecule has 118 valence electrons. The molecular formula is C15H28O3S2. The van der Waals surface area contributed by atoms with Crippen LogP contribution in [-0.4, -0.2) is 47.3 Å². The van der Waals surface area contributed by atoms with Gasteiger partial charge in [-0.15, -0.1) is 0 Å². The van der Waals surface area contributed by atoms with Crippen molar-refractivity contribution in [2.75, 3.05) is 36.2 Å². The quantitative estimate of drug-likeness (QED) is 0.284.